The lowest BCUT2D eigenvalue weighted by atomic mass is 9.77. The minimum absolute atomic E-state index is 0.0604. The molecule has 1 aliphatic carbocycles. The number of amides is 1. The fourth-order valence-electron chi connectivity index (χ4n) is 3.49. The van der Waals surface area contributed by atoms with Gasteiger partial charge in [0.2, 0.25) is 5.91 Å². The van der Waals surface area contributed by atoms with Gasteiger partial charge in [0.1, 0.15) is 0 Å². The summed E-state index contributed by atoms with van der Waals surface area (Å²) >= 11 is 0. The SMILES string of the molecule is CN(CC1CCCO1)C(=O)CC1(C(=O)O)CCCCCC1. The molecule has 1 aliphatic heterocycles. The summed E-state index contributed by atoms with van der Waals surface area (Å²) in [5.74, 6) is -0.863. The number of carboxylic acid groups (broad SMARTS) is 1. The average Bonchev–Trinajstić information content (AvgIpc) is 2.83. The van der Waals surface area contributed by atoms with Crippen molar-refractivity contribution >= 4 is 11.9 Å². The normalized spacial score (nSPS) is 25.3. The monoisotopic (exact) mass is 297 g/mol. The van der Waals surface area contributed by atoms with Crippen molar-refractivity contribution in [2.45, 2.75) is 63.9 Å². The van der Waals surface area contributed by atoms with Gasteiger partial charge in [-0.25, -0.2) is 0 Å². The summed E-state index contributed by atoms with van der Waals surface area (Å²) in [6.07, 6.45) is 7.52. The highest BCUT2D eigenvalue weighted by atomic mass is 16.5. The maximum atomic E-state index is 12.4. The third-order valence-electron chi connectivity index (χ3n) is 4.93. The smallest absolute Gasteiger partial charge is 0.310 e. The number of hydrogen-bond acceptors (Lipinski definition) is 3. The summed E-state index contributed by atoms with van der Waals surface area (Å²) in [5, 5.41) is 9.63. The van der Waals surface area contributed by atoms with Gasteiger partial charge in [-0.3, -0.25) is 9.59 Å². The number of carbonyl (C=O) groups excluding carboxylic acids is 1. The minimum atomic E-state index is -0.849. The van der Waals surface area contributed by atoms with Gasteiger partial charge in [-0.1, -0.05) is 25.7 Å². The molecule has 1 amide bonds. The van der Waals surface area contributed by atoms with Gasteiger partial charge in [0, 0.05) is 26.6 Å². The van der Waals surface area contributed by atoms with E-state index < -0.39 is 11.4 Å². The molecule has 120 valence electrons. The summed E-state index contributed by atoms with van der Waals surface area (Å²) in [5.41, 5.74) is -0.849. The highest BCUT2D eigenvalue weighted by molar-refractivity contribution is 5.85. The fraction of sp³-hybridized carbons (Fsp3) is 0.875. The molecule has 0 radical (unpaired) electrons. The van der Waals surface area contributed by atoms with Crippen molar-refractivity contribution in [2.24, 2.45) is 5.41 Å². The third kappa shape index (κ3) is 4.19. The van der Waals surface area contributed by atoms with Crippen molar-refractivity contribution < 1.29 is 19.4 Å². The molecule has 0 aromatic rings. The van der Waals surface area contributed by atoms with Crippen LogP contribution in [0, 0.1) is 5.41 Å². The molecule has 1 N–H and O–H groups in total. The second kappa shape index (κ2) is 7.25. The first-order valence-corrected chi connectivity index (χ1v) is 8.12. The van der Waals surface area contributed by atoms with Crippen LogP contribution in [0.15, 0.2) is 0 Å². The second-order valence-corrected chi connectivity index (χ2v) is 6.59. The van der Waals surface area contributed by atoms with Crippen LogP contribution in [-0.4, -0.2) is 48.2 Å². The number of hydrogen-bond donors (Lipinski definition) is 1. The molecule has 1 atom stereocenters. The standard InChI is InChI=1S/C16H27NO4/c1-17(12-13-7-6-10-21-13)14(18)11-16(15(19)20)8-4-2-3-5-9-16/h13H,2-12H2,1H3,(H,19,20). The molecule has 1 saturated carbocycles. The first-order valence-electron chi connectivity index (χ1n) is 8.12. The third-order valence-corrected chi connectivity index (χ3v) is 4.93. The van der Waals surface area contributed by atoms with Crippen molar-refractivity contribution in [3.63, 3.8) is 0 Å². The molecular weight excluding hydrogens is 270 g/mol. The van der Waals surface area contributed by atoms with E-state index in [0.29, 0.717) is 19.4 Å². The molecule has 0 spiro atoms. The Morgan fingerprint density at radius 3 is 2.38 bits per heavy atom. The van der Waals surface area contributed by atoms with Gasteiger partial charge in [0.05, 0.1) is 11.5 Å². The van der Waals surface area contributed by atoms with Gasteiger partial charge in [-0.15, -0.1) is 0 Å². The molecule has 5 heteroatoms. The Hall–Kier alpha value is -1.10. The lowest BCUT2D eigenvalue weighted by Gasteiger charge is -2.30. The van der Waals surface area contributed by atoms with E-state index in [1.165, 1.54) is 0 Å². The molecular formula is C16H27NO4. The number of carbonyl (C=O) groups is 2. The number of carboxylic acids is 1. The molecule has 0 aromatic heterocycles. The molecule has 1 heterocycles. The van der Waals surface area contributed by atoms with Gasteiger partial charge in [0.25, 0.3) is 0 Å². The zero-order valence-electron chi connectivity index (χ0n) is 13.0. The van der Waals surface area contributed by atoms with Crippen LogP contribution in [0.1, 0.15) is 57.8 Å². The predicted octanol–water partition coefficient (Wildman–Crippen LogP) is 2.44. The fourth-order valence-corrected chi connectivity index (χ4v) is 3.49. The van der Waals surface area contributed by atoms with E-state index in [4.69, 9.17) is 4.74 Å². The largest absolute Gasteiger partial charge is 0.481 e. The zero-order chi connectivity index (χ0) is 15.3. The van der Waals surface area contributed by atoms with E-state index >= 15 is 0 Å². The Bertz CT molecular complexity index is 368. The average molecular weight is 297 g/mol. The first kappa shape index (κ1) is 16.3. The summed E-state index contributed by atoms with van der Waals surface area (Å²) in [6, 6.07) is 0. The van der Waals surface area contributed by atoms with Crippen molar-refractivity contribution in [3.05, 3.63) is 0 Å². The van der Waals surface area contributed by atoms with Gasteiger partial charge < -0.3 is 14.7 Å². The van der Waals surface area contributed by atoms with Crippen molar-refractivity contribution in [1.82, 2.24) is 4.90 Å². The van der Waals surface area contributed by atoms with Crippen LogP contribution in [0.4, 0.5) is 0 Å². The molecule has 2 fully saturated rings. The van der Waals surface area contributed by atoms with Gasteiger partial charge in [0.15, 0.2) is 0 Å². The maximum Gasteiger partial charge on any atom is 0.310 e. The van der Waals surface area contributed by atoms with Crippen LogP contribution in [-0.2, 0) is 14.3 Å². The first-order chi connectivity index (χ1) is 10.0. The van der Waals surface area contributed by atoms with E-state index in [1.54, 1.807) is 11.9 Å². The molecule has 5 nitrogen and oxygen atoms in total. The molecule has 0 bridgehead atoms. The Morgan fingerprint density at radius 2 is 1.86 bits per heavy atom. The minimum Gasteiger partial charge on any atom is -0.481 e. The Balaban J connectivity index is 1.95. The second-order valence-electron chi connectivity index (χ2n) is 6.59. The number of aliphatic carboxylic acids is 1. The Morgan fingerprint density at radius 1 is 1.19 bits per heavy atom. The van der Waals surface area contributed by atoms with Crippen LogP contribution in [0.25, 0.3) is 0 Å². The quantitative estimate of drug-likeness (QED) is 0.791. The van der Waals surface area contributed by atoms with Gasteiger partial charge in [-0.2, -0.15) is 0 Å². The highest BCUT2D eigenvalue weighted by Gasteiger charge is 2.41. The molecule has 21 heavy (non-hydrogen) atoms. The van der Waals surface area contributed by atoms with Gasteiger partial charge >= 0.3 is 5.97 Å². The summed E-state index contributed by atoms with van der Waals surface area (Å²) in [4.78, 5) is 25.8. The predicted molar refractivity (Wildman–Crippen MR) is 79.0 cm³/mol. The maximum absolute atomic E-state index is 12.4. The van der Waals surface area contributed by atoms with Gasteiger partial charge in [-0.05, 0) is 25.7 Å². The van der Waals surface area contributed by atoms with E-state index in [2.05, 4.69) is 0 Å². The number of likely N-dealkylation sites (N-methyl/N-ethyl adjacent to an activating group) is 1. The van der Waals surface area contributed by atoms with Crippen molar-refractivity contribution in [1.29, 1.82) is 0 Å². The number of nitrogens with zero attached hydrogens (tertiary/aromatic N) is 1. The van der Waals surface area contributed by atoms with Crippen LogP contribution >= 0.6 is 0 Å². The molecule has 1 saturated heterocycles. The lowest BCUT2D eigenvalue weighted by molar-refractivity contribution is -0.154. The van der Waals surface area contributed by atoms with Crippen LogP contribution < -0.4 is 0 Å². The molecule has 0 aromatic carbocycles. The summed E-state index contributed by atoms with van der Waals surface area (Å²) in [6.45, 7) is 1.35. The van der Waals surface area contributed by atoms with E-state index in [-0.39, 0.29) is 18.4 Å². The molecule has 2 aliphatic rings. The van der Waals surface area contributed by atoms with Crippen LogP contribution in [0.5, 0.6) is 0 Å². The topological polar surface area (TPSA) is 66.8 Å². The number of rotatable bonds is 5. The van der Waals surface area contributed by atoms with E-state index in [1.807, 2.05) is 0 Å². The zero-order valence-corrected chi connectivity index (χ0v) is 13.0. The summed E-state index contributed by atoms with van der Waals surface area (Å²) < 4.78 is 5.55. The van der Waals surface area contributed by atoms with Crippen molar-refractivity contribution in [3.8, 4) is 0 Å². The Kier molecular flexibility index (Phi) is 5.62. The van der Waals surface area contributed by atoms with E-state index in [9.17, 15) is 14.7 Å². The molecule has 2 rings (SSSR count). The van der Waals surface area contributed by atoms with Crippen LogP contribution in [0.2, 0.25) is 0 Å². The molecule has 1 unspecified atom stereocenters. The summed E-state index contributed by atoms with van der Waals surface area (Å²) in [7, 11) is 1.76. The number of ether oxygens (including phenoxy) is 1. The Labute approximate surface area is 126 Å². The van der Waals surface area contributed by atoms with Crippen LogP contribution in [0.3, 0.4) is 0 Å². The lowest BCUT2D eigenvalue weighted by Crippen LogP contribution is -2.40. The van der Waals surface area contributed by atoms with E-state index in [0.717, 1.165) is 45.1 Å². The van der Waals surface area contributed by atoms with Crippen molar-refractivity contribution in [2.75, 3.05) is 20.2 Å². The highest BCUT2D eigenvalue weighted by Crippen LogP contribution is 2.39.